The van der Waals surface area contributed by atoms with Crippen molar-refractivity contribution in [2.45, 2.75) is 41.5 Å². The molecule has 0 radical (unpaired) electrons. The predicted molar refractivity (Wildman–Crippen MR) is 108 cm³/mol. The lowest BCUT2D eigenvalue weighted by Crippen LogP contribution is -2.43. The number of nitrogens with one attached hydrogen (secondary N) is 1. The van der Waals surface area contributed by atoms with E-state index in [9.17, 15) is 18.0 Å². The highest BCUT2D eigenvalue weighted by atomic mass is 32.3. The van der Waals surface area contributed by atoms with Crippen molar-refractivity contribution in [2.75, 3.05) is 36.8 Å². The van der Waals surface area contributed by atoms with E-state index in [0.29, 0.717) is 31.2 Å². The Bertz CT molecular complexity index is 813. The van der Waals surface area contributed by atoms with Gasteiger partial charge in [0.05, 0.1) is 15.6 Å². The third kappa shape index (κ3) is 4.67. The van der Waals surface area contributed by atoms with E-state index in [1.54, 1.807) is 6.07 Å². The summed E-state index contributed by atoms with van der Waals surface area (Å²) in [4.78, 5) is 26.0. The van der Waals surface area contributed by atoms with Crippen molar-refractivity contribution in [3.05, 3.63) is 6.07 Å². The Kier molecular flexibility index (Phi) is 6.50. The van der Waals surface area contributed by atoms with Gasteiger partial charge in [-0.15, -0.1) is 23.1 Å². The van der Waals surface area contributed by atoms with Gasteiger partial charge in [0.2, 0.25) is 11.8 Å². The van der Waals surface area contributed by atoms with Crippen molar-refractivity contribution >= 4 is 50.6 Å². The molecule has 0 atom stereocenters. The van der Waals surface area contributed by atoms with Gasteiger partial charge in [0, 0.05) is 19.6 Å². The number of thiophene rings is 1. The smallest absolute Gasteiger partial charge is 0.252 e. The molecule has 27 heavy (non-hydrogen) atoms. The average Bonchev–Trinajstić information content (AvgIpc) is 3.27. The zero-order chi connectivity index (χ0) is 19.6. The number of fused-ring (bicyclic) bond motifs is 1. The van der Waals surface area contributed by atoms with Crippen molar-refractivity contribution < 1.29 is 18.0 Å². The molecule has 1 aromatic rings. The van der Waals surface area contributed by atoms with Crippen LogP contribution in [-0.2, 0) is 19.6 Å². The van der Waals surface area contributed by atoms with Crippen LogP contribution in [-0.4, -0.2) is 56.5 Å². The molecule has 1 fully saturated rings. The summed E-state index contributed by atoms with van der Waals surface area (Å²) in [5, 5.41) is 2.83. The molecule has 3 rings (SSSR count). The second kappa shape index (κ2) is 8.50. The number of carbonyl (C=O) groups excluding carboxylic acids is 2. The van der Waals surface area contributed by atoms with Crippen LogP contribution in [0, 0.1) is 5.92 Å². The van der Waals surface area contributed by atoms with E-state index in [0.717, 1.165) is 23.5 Å². The summed E-state index contributed by atoms with van der Waals surface area (Å²) in [5.41, 5.74) is 0.540. The molecule has 0 bridgehead atoms. The zero-order valence-corrected chi connectivity index (χ0v) is 18.0. The summed E-state index contributed by atoms with van der Waals surface area (Å²) in [7, 11) is -3.53. The Morgan fingerprint density at radius 2 is 2.00 bits per heavy atom. The number of sulfonamides is 1. The first kappa shape index (κ1) is 20.6. The Hall–Kier alpha value is -1.10. The summed E-state index contributed by atoms with van der Waals surface area (Å²) < 4.78 is 28.2. The van der Waals surface area contributed by atoms with Gasteiger partial charge in [-0.3, -0.25) is 9.59 Å². The first-order valence-electron chi connectivity index (χ1n) is 9.13. The number of hydrogen-bond donors (Lipinski definition) is 1. The van der Waals surface area contributed by atoms with E-state index in [4.69, 9.17) is 0 Å². The Labute approximate surface area is 168 Å². The molecule has 2 aliphatic rings. The van der Waals surface area contributed by atoms with Crippen molar-refractivity contribution in [1.29, 1.82) is 0 Å². The highest BCUT2D eigenvalue weighted by Gasteiger charge is 2.34. The number of thioether (sulfide) groups is 1. The quantitative estimate of drug-likeness (QED) is 0.715. The highest BCUT2D eigenvalue weighted by Crippen LogP contribution is 2.44. The highest BCUT2D eigenvalue weighted by molar-refractivity contribution is 8.02. The average molecular weight is 432 g/mol. The number of hydrogen-bond acceptors (Lipinski definition) is 6. The maximum Gasteiger partial charge on any atom is 0.252 e. The van der Waals surface area contributed by atoms with E-state index in [-0.39, 0.29) is 28.3 Å². The van der Waals surface area contributed by atoms with E-state index in [2.05, 4.69) is 19.2 Å². The monoisotopic (exact) mass is 431 g/mol. The van der Waals surface area contributed by atoms with Crippen LogP contribution in [0.3, 0.4) is 0 Å². The summed E-state index contributed by atoms with van der Waals surface area (Å²) in [6.45, 7) is 5.73. The lowest BCUT2D eigenvalue weighted by atomic mass is 10.1. The molecule has 1 N–H and O–H groups in total. The number of carbonyl (C=O) groups is 2. The van der Waals surface area contributed by atoms with Crippen LogP contribution < -0.4 is 10.2 Å². The standard InChI is InChI=1S/C17H25N3O4S3/c1-12(2)5-6-18-14(21)10-20-13-9-16(26-17(13)25-11-15(20)22)27(23,24)19-7-3-4-8-19/h9,12H,3-8,10-11H2,1-2H3,(H,18,21). The predicted octanol–water partition coefficient (Wildman–Crippen LogP) is 2.13. The summed E-state index contributed by atoms with van der Waals surface area (Å²) >= 11 is 2.53. The largest absolute Gasteiger partial charge is 0.355 e. The topological polar surface area (TPSA) is 86.8 Å². The Morgan fingerprint density at radius 3 is 2.67 bits per heavy atom. The van der Waals surface area contributed by atoms with E-state index in [1.807, 2.05) is 0 Å². The molecular formula is C17H25N3O4S3. The second-order valence-electron chi connectivity index (χ2n) is 7.15. The van der Waals surface area contributed by atoms with Crippen LogP contribution in [0.2, 0.25) is 0 Å². The molecule has 1 saturated heterocycles. The van der Waals surface area contributed by atoms with Crippen LogP contribution in [0.15, 0.2) is 14.5 Å². The molecule has 0 spiro atoms. The summed E-state index contributed by atoms with van der Waals surface area (Å²) in [5.74, 6) is 0.308. The summed E-state index contributed by atoms with van der Waals surface area (Å²) in [6, 6.07) is 1.55. The number of nitrogens with zero attached hydrogens (tertiary/aromatic N) is 2. The summed E-state index contributed by atoms with van der Waals surface area (Å²) in [6.07, 6.45) is 2.62. The van der Waals surface area contributed by atoms with Crippen molar-refractivity contribution in [3.8, 4) is 0 Å². The van der Waals surface area contributed by atoms with Gasteiger partial charge < -0.3 is 10.2 Å². The molecular weight excluding hydrogens is 406 g/mol. The van der Waals surface area contributed by atoms with Gasteiger partial charge in [-0.25, -0.2) is 8.42 Å². The Morgan fingerprint density at radius 1 is 1.30 bits per heavy atom. The van der Waals surface area contributed by atoms with Gasteiger partial charge in [0.15, 0.2) is 0 Å². The fourth-order valence-electron chi connectivity index (χ4n) is 3.03. The van der Waals surface area contributed by atoms with E-state index in [1.165, 1.54) is 32.3 Å². The van der Waals surface area contributed by atoms with Crippen LogP contribution in [0.1, 0.15) is 33.1 Å². The number of anilines is 1. The maximum atomic E-state index is 12.8. The molecule has 150 valence electrons. The SMILES string of the molecule is CC(C)CCNC(=O)CN1C(=O)CSc2sc(S(=O)(=O)N3CCCC3)cc21. The van der Waals surface area contributed by atoms with Gasteiger partial charge in [0.25, 0.3) is 10.0 Å². The second-order valence-corrected chi connectivity index (χ2v) is 11.6. The minimum atomic E-state index is -3.53. The first-order chi connectivity index (χ1) is 12.8. The molecule has 2 aliphatic heterocycles. The number of rotatable bonds is 7. The first-order valence-corrected chi connectivity index (χ1v) is 12.4. The Balaban J connectivity index is 1.76. The molecule has 0 aromatic carbocycles. The van der Waals surface area contributed by atoms with Gasteiger partial charge >= 0.3 is 0 Å². The lowest BCUT2D eigenvalue weighted by molar-refractivity contribution is -0.123. The van der Waals surface area contributed by atoms with Gasteiger partial charge in [-0.1, -0.05) is 13.8 Å². The van der Waals surface area contributed by atoms with Gasteiger partial charge in [-0.2, -0.15) is 4.31 Å². The fraction of sp³-hybridized carbons (Fsp3) is 0.647. The van der Waals surface area contributed by atoms with E-state index >= 15 is 0 Å². The molecule has 1 aromatic heterocycles. The van der Waals surface area contributed by atoms with Crippen LogP contribution in [0.25, 0.3) is 0 Å². The molecule has 2 amide bonds. The molecule has 0 aliphatic carbocycles. The van der Waals surface area contributed by atoms with Crippen molar-refractivity contribution in [1.82, 2.24) is 9.62 Å². The maximum absolute atomic E-state index is 12.8. The van der Waals surface area contributed by atoms with Crippen LogP contribution in [0.5, 0.6) is 0 Å². The molecule has 7 nitrogen and oxygen atoms in total. The minimum absolute atomic E-state index is 0.0789. The fourth-order valence-corrected chi connectivity index (χ4v) is 7.47. The van der Waals surface area contributed by atoms with E-state index < -0.39 is 10.0 Å². The minimum Gasteiger partial charge on any atom is -0.355 e. The van der Waals surface area contributed by atoms with Crippen LogP contribution >= 0.6 is 23.1 Å². The zero-order valence-electron chi connectivity index (χ0n) is 15.6. The lowest BCUT2D eigenvalue weighted by Gasteiger charge is -2.25. The number of amides is 2. The van der Waals surface area contributed by atoms with Gasteiger partial charge in [0.1, 0.15) is 10.8 Å². The van der Waals surface area contributed by atoms with Crippen LogP contribution in [0.4, 0.5) is 5.69 Å². The molecule has 0 unspecified atom stereocenters. The molecule has 3 heterocycles. The van der Waals surface area contributed by atoms with Crippen molar-refractivity contribution in [2.24, 2.45) is 5.92 Å². The van der Waals surface area contributed by atoms with Crippen molar-refractivity contribution in [3.63, 3.8) is 0 Å². The van der Waals surface area contributed by atoms with Gasteiger partial charge in [-0.05, 0) is 31.2 Å². The molecule has 0 saturated carbocycles. The normalized spacial score (nSPS) is 18.2. The third-order valence-corrected chi connectivity index (χ3v) is 9.31. The third-order valence-electron chi connectivity index (χ3n) is 4.58. The molecule has 10 heteroatoms.